The van der Waals surface area contributed by atoms with Crippen LogP contribution in [-0.4, -0.2) is 6.54 Å². The van der Waals surface area contributed by atoms with Gasteiger partial charge in [0, 0.05) is 28.3 Å². The minimum Gasteiger partial charge on any atom is -0.312 e. The molecule has 1 aliphatic rings. The van der Waals surface area contributed by atoms with E-state index in [2.05, 4.69) is 25.2 Å². The fourth-order valence-electron chi connectivity index (χ4n) is 2.48. The molecule has 3 heteroatoms. The lowest BCUT2D eigenvalue weighted by molar-refractivity contribution is 0.445. The Hall–Kier alpha value is -1.19. The maximum atomic E-state index is 12.9. The summed E-state index contributed by atoms with van der Waals surface area (Å²) in [5.41, 5.74) is 2.68. The Morgan fingerprint density at radius 3 is 2.61 bits per heavy atom. The highest BCUT2D eigenvalue weighted by Crippen LogP contribution is 2.40. The normalized spacial score (nSPS) is 17.5. The Kier molecular flexibility index (Phi) is 2.76. The van der Waals surface area contributed by atoms with Crippen molar-refractivity contribution in [1.29, 1.82) is 0 Å². The molecule has 0 radical (unpaired) electrons. The second kappa shape index (κ2) is 4.18. The van der Waals surface area contributed by atoms with Gasteiger partial charge >= 0.3 is 0 Å². The van der Waals surface area contributed by atoms with E-state index in [0.29, 0.717) is 0 Å². The molecule has 2 heterocycles. The standard InChI is InChI=1S/C15H16FNS/c1-15(2)9-17-8-11-7-13(18-14(11)15)10-3-5-12(16)6-4-10/h3-7,17H,8-9H2,1-2H3. The van der Waals surface area contributed by atoms with Crippen molar-refractivity contribution in [2.24, 2.45) is 0 Å². The van der Waals surface area contributed by atoms with Gasteiger partial charge in [-0.25, -0.2) is 4.39 Å². The number of nitrogens with one attached hydrogen (secondary N) is 1. The Labute approximate surface area is 111 Å². The van der Waals surface area contributed by atoms with E-state index in [9.17, 15) is 4.39 Å². The Morgan fingerprint density at radius 1 is 1.22 bits per heavy atom. The van der Waals surface area contributed by atoms with Crippen molar-refractivity contribution in [3.8, 4) is 10.4 Å². The number of halogens is 1. The lowest BCUT2D eigenvalue weighted by Crippen LogP contribution is -2.37. The quantitative estimate of drug-likeness (QED) is 0.820. The molecule has 0 saturated heterocycles. The molecular formula is C15H16FNS. The summed E-state index contributed by atoms with van der Waals surface area (Å²) < 4.78 is 12.9. The van der Waals surface area contributed by atoms with E-state index in [1.54, 1.807) is 0 Å². The molecule has 18 heavy (non-hydrogen) atoms. The minimum atomic E-state index is -0.179. The third kappa shape index (κ3) is 1.98. The molecule has 1 N–H and O–H groups in total. The van der Waals surface area contributed by atoms with Crippen LogP contribution >= 0.6 is 11.3 Å². The zero-order valence-corrected chi connectivity index (χ0v) is 11.4. The average molecular weight is 261 g/mol. The summed E-state index contributed by atoms with van der Waals surface area (Å²) in [7, 11) is 0. The fraction of sp³-hybridized carbons (Fsp3) is 0.333. The van der Waals surface area contributed by atoms with Crippen molar-refractivity contribution in [3.05, 3.63) is 46.6 Å². The second-order valence-electron chi connectivity index (χ2n) is 5.46. The number of benzene rings is 1. The molecule has 0 unspecified atom stereocenters. The number of hydrogen-bond acceptors (Lipinski definition) is 2. The SMILES string of the molecule is CC1(C)CNCc2cc(-c3ccc(F)cc3)sc21. The second-order valence-corrected chi connectivity index (χ2v) is 6.51. The van der Waals surface area contributed by atoms with E-state index in [1.807, 2.05) is 23.5 Å². The van der Waals surface area contributed by atoms with E-state index in [0.717, 1.165) is 18.7 Å². The Morgan fingerprint density at radius 2 is 1.94 bits per heavy atom. The van der Waals surface area contributed by atoms with Gasteiger partial charge in [0.1, 0.15) is 5.82 Å². The molecule has 0 aliphatic carbocycles. The van der Waals surface area contributed by atoms with Crippen LogP contribution in [0, 0.1) is 5.82 Å². The highest BCUT2D eigenvalue weighted by molar-refractivity contribution is 7.15. The summed E-state index contributed by atoms with van der Waals surface area (Å²) in [6, 6.07) is 9.00. The van der Waals surface area contributed by atoms with Crippen molar-refractivity contribution < 1.29 is 4.39 Å². The van der Waals surface area contributed by atoms with Gasteiger partial charge in [-0.1, -0.05) is 26.0 Å². The van der Waals surface area contributed by atoms with Crippen LogP contribution in [-0.2, 0) is 12.0 Å². The molecule has 94 valence electrons. The van der Waals surface area contributed by atoms with Gasteiger partial charge in [-0.05, 0) is 29.3 Å². The van der Waals surface area contributed by atoms with Gasteiger partial charge in [0.05, 0.1) is 0 Å². The highest BCUT2D eigenvalue weighted by atomic mass is 32.1. The topological polar surface area (TPSA) is 12.0 Å². The van der Waals surface area contributed by atoms with Crippen LogP contribution in [0.2, 0.25) is 0 Å². The zero-order chi connectivity index (χ0) is 12.8. The lowest BCUT2D eigenvalue weighted by Gasteiger charge is -2.30. The molecule has 0 atom stereocenters. The molecule has 1 aromatic carbocycles. The zero-order valence-electron chi connectivity index (χ0n) is 10.6. The largest absolute Gasteiger partial charge is 0.312 e. The Bertz CT molecular complexity index is 569. The summed E-state index contributed by atoms with van der Waals surface area (Å²) in [5, 5.41) is 3.45. The van der Waals surface area contributed by atoms with Crippen LogP contribution < -0.4 is 5.32 Å². The lowest BCUT2D eigenvalue weighted by atomic mass is 9.86. The summed E-state index contributed by atoms with van der Waals surface area (Å²) in [4.78, 5) is 2.69. The van der Waals surface area contributed by atoms with Crippen molar-refractivity contribution in [2.45, 2.75) is 25.8 Å². The van der Waals surface area contributed by atoms with Crippen LogP contribution in [0.4, 0.5) is 4.39 Å². The van der Waals surface area contributed by atoms with Gasteiger partial charge in [0.25, 0.3) is 0 Å². The number of hydrogen-bond donors (Lipinski definition) is 1. The van der Waals surface area contributed by atoms with Crippen LogP contribution in [0.25, 0.3) is 10.4 Å². The van der Waals surface area contributed by atoms with Crippen molar-refractivity contribution in [3.63, 3.8) is 0 Å². The van der Waals surface area contributed by atoms with E-state index in [4.69, 9.17) is 0 Å². The summed E-state index contributed by atoms with van der Waals surface area (Å²) in [6.45, 7) is 6.49. The maximum Gasteiger partial charge on any atom is 0.123 e. The predicted octanol–water partition coefficient (Wildman–Crippen LogP) is 3.94. The first-order valence-electron chi connectivity index (χ1n) is 6.16. The monoisotopic (exact) mass is 261 g/mol. The van der Waals surface area contributed by atoms with Gasteiger partial charge < -0.3 is 5.32 Å². The molecule has 1 nitrogen and oxygen atoms in total. The first kappa shape index (κ1) is 11.9. The average Bonchev–Trinajstić information content (AvgIpc) is 2.75. The van der Waals surface area contributed by atoms with Gasteiger partial charge in [0.2, 0.25) is 0 Å². The van der Waals surface area contributed by atoms with Crippen LogP contribution in [0.1, 0.15) is 24.3 Å². The first-order chi connectivity index (χ1) is 8.56. The summed E-state index contributed by atoms with van der Waals surface area (Å²) in [5.74, 6) is -0.179. The van der Waals surface area contributed by atoms with Crippen LogP contribution in [0.3, 0.4) is 0 Å². The maximum absolute atomic E-state index is 12.9. The third-order valence-corrected chi connectivity index (χ3v) is 5.03. The minimum absolute atomic E-state index is 0.179. The van der Waals surface area contributed by atoms with Gasteiger partial charge in [0.15, 0.2) is 0 Å². The molecule has 3 rings (SSSR count). The van der Waals surface area contributed by atoms with E-state index in [1.165, 1.54) is 27.5 Å². The van der Waals surface area contributed by atoms with Gasteiger partial charge in [-0.2, -0.15) is 0 Å². The van der Waals surface area contributed by atoms with Gasteiger partial charge in [-0.3, -0.25) is 0 Å². The summed E-state index contributed by atoms with van der Waals surface area (Å²) in [6.07, 6.45) is 0. The van der Waals surface area contributed by atoms with Crippen LogP contribution in [0.15, 0.2) is 30.3 Å². The third-order valence-electron chi connectivity index (χ3n) is 3.43. The van der Waals surface area contributed by atoms with Crippen molar-refractivity contribution in [1.82, 2.24) is 5.32 Å². The molecule has 0 saturated carbocycles. The highest BCUT2D eigenvalue weighted by Gasteiger charge is 2.29. The number of thiophene rings is 1. The fourth-order valence-corrected chi connectivity index (χ4v) is 3.76. The number of fused-ring (bicyclic) bond motifs is 1. The first-order valence-corrected chi connectivity index (χ1v) is 6.98. The molecule has 0 bridgehead atoms. The van der Waals surface area contributed by atoms with Crippen molar-refractivity contribution >= 4 is 11.3 Å². The van der Waals surface area contributed by atoms with Gasteiger partial charge in [-0.15, -0.1) is 11.3 Å². The molecule has 1 aromatic heterocycles. The summed E-state index contributed by atoms with van der Waals surface area (Å²) >= 11 is 1.84. The van der Waals surface area contributed by atoms with Crippen molar-refractivity contribution in [2.75, 3.05) is 6.54 Å². The van der Waals surface area contributed by atoms with E-state index in [-0.39, 0.29) is 11.2 Å². The Balaban J connectivity index is 2.05. The molecule has 0 fully saturated rings. The van der Waals surface area contributed by atoms with Crippen LogP contribution in [0.5, 0.6) is 0 Å². The molecule has 0 amide bonds. The van der Waals surface area contributed by atoms with E-state index >= 15 is 0 Å². The molecule has 0 spiro atoms. The molecule has 2 aromatic rings. The predicted molar refractivity (Wildman–Crippen MR) is 74.4 cm³/mol. The number of rotatable bonds is 1. The molecular weight excluding hydrogens is 245 g/mol. The smallest absolute Gasteiger partial charge is 0.123 e. The van der Waals surface area contributed by atoms with E-state index < -0.39 is 0 Å². The molecule has 1 aliphatic heterocycles.